The third kappa shape index (κ3) is 19.9. The molecule has 3 aliphatic rings. The summed E-state index contributed by atoms with van der Waals surface area (Å²) in [7, 11) is 0. The van der Waals surface area contributed by atoms with Gasteiger partial charge in [0.15, 0.2) is 16.9 Å². The molecule has 32 heteroatoms. The van der Waals surface area contributed by atoms with Crippen molar-refractivity contribution in [2.75, 3.05) is 76.2 Å². The van der Waals surface area contributed by atoms with Gasteiger partial charge in [-0.15, -0.1) is 34.0 Å². The van der Waals surface area contributed by atoms with Crippen LogP contribution in [0.2, 0.25) is 0 Å². The number of halogens is 3. The fourth-order valence-corrected chi connectivity index (χ4v) is 16.6. The Morgan fingerprint density at radius 1 is 0.424 bits per heavy atom. The molecule has 3 saturated heterocycles. The van der Waals surface area contributed by atoms with Gasteiger partial charge < -0.3 is 60.6 Å². The molecule has 26 nitrogen and oxygen atoms in total. The van der Waals surface area contributed by atoms with Gasteiger partial charge in [0.05, 0.1) is 52.3 Å². The van der Waals surface area contributed by atoms with Crippen LogP contribution in [0.25, 0.3) is 66.9 Å². The van der Waals surface area contributed by atoms with Gasteiger partial charge in [-0.05, 0) is 170 Å². The number of nitrogens with one attached hydrogen (secondary N) is 1. The second-order valence-corrected chi connectivity index (χ2v) is 32.7. The zero-order valence-corrected chi connectivity index (χ0v) is 67.6. The summed E-state index contributed by atoms with van der Waals surface area (Å²) in [5.74, 6) is 3.76. The van der Waals surface area contributed by atoms with Crippen molar-refractivity contribution in [1.82, 2.24) is 79.3 Å². The van der Waals surface area contributed by atoms with Crippen LogP contribution < -0.4 is 50.9 Å². The monoisotopic (exact) mass is 1650 g/mol. The van der Waals surface area contributed by atoms with E-state index in [0.29, 0.717) is 131 Å². The van der Waals surface area contributed by atoms with E-state index in [1.807, 2.05) is 132 Å². The molecule has 12 heterocycles. The van der Waals surface area contributed by atoms with Crippen molar-refractivity contribution in [2.24, 2.45) is 0 Å². The smallest absolute Gasteiger partial charge is 0.164 e. The molecule has 0 radical (unpaired) electrons. The third-order valence-corrected chi connectivity index (χ3v) is 22.9. The van der Waals surface area contributed by atoms with Crippen molar-refractivity contribution in [2.45, 2.75) is 98.4 Å². The first-order valence-electron chi connectivity index (χ1n) is 38.9. The van der Waals surface area contributed by atoms with Gasteiger partial charge in [-0.2, -0.15) is 15.3 Å². The summed E-state index contributed by atoms with van der Waals surface area (Å²) in [6.45, 7) is 17.8. The van der Waals surface area contributed by atoms with E-state index >= 15 is 0 Å². The highest BCUT2D eigenvalue weighted by Crippen LogP contribution is 2.39. The summed E-state index contributed by atoms with van der Waals surface area (Å²) in [6.07, 6.45) is 11.8. The fraction of sp³-hybridized carbons (Fsp3) is 0.279. The number of benzene rings is 6. The number of rotatable bonds is 27. The largest absolute Gasteiger partial charge is 0.488 e. The molecule has 7 N–H and O–H groups in total. The predicted octanol–water partition coefficient (Wildman–Crippen LogP) is 16.8. The number of morpholine rings is 1. The Balaban J connectivity index is 0.000000132. The van der Waals surface area contributed by atoms with Crippen molar-refractivity contribution >= 4 is 84.6 Å². The lowest BCUT2D eigenvalue weighted by atomic mass is 10.1. The zero-order valence-electron chi connectivity index (χ0n) is 65.1. The Morgan fingerprint density at radius 2 is 0.839 bits per heavy atom. The molecule has 9 aromatic heterocycles. The zero-order chi connectivity index (χ0) is 81.0. The van der Waals surface area contributed by atoms with Gasteiger partial charge in [-0.25, -0.2) is 62.1 Å². The van der Waals surface area contributed by atoms with Crippen molar-refractivity contribution in [1.29, 1.82) is 0 Å². The topological polar surface area (TPSA) is 305 Å². The number of thiophene rings is 2. The van der Waals surface area contributed by atoms with Gasteiger partial charge in [0.25, 0.3) is 0 Å². The van der Waals surface area contributed by atoms with Crippen LogP contribution in [0, 0.1) is 38.2 Å². The maximum Gasteiger partial charge on any atom is 0.164 e. The lowest BCUT2D eigenvalue weighted by molar-refractivity contribution is 0.0368. The van der Waals surface area contributed by atoms with E-state index in [1.165, 1.54) is 78.0 Å². The molecule has 3 fully saturated rings. The van der Waals surface area contributed by atoms with Gasteiger partial charge in [0, 0.05) is 136 Å². The minimum atomic E-state index is -0.446. The van der Waals surface area contributed by atoms with Crippen LogP contribution in [-0.2, 0) is 44.2 Å². The van der Waals surface area contributed by atoms with Crippen LogP contribution in [0.4, 0.5) is 30.6 Å². The van der Waals surface area contributed by atoms with Gasteiger partial charge >= 0.3 is 0 Å². The van der Waals surface area contributed by atoms with E-state index in [0.717, 1.165) is 149 Å². The SMILES string of the molecule is Cc1ccc(COc2cc(F)cc(Oc3ccc(-c4nn(CCCN5CCOCC5)c5ncnc(N)c45)cc3)c2)s1.Cc1ccc(COc2cc(F)cc(Oc3ccc(-c4nn(CCN5CCCC5)c5ncnc(N)c45)cc3)c2)s1.Cc1ncc(COc2cc(F)cc(Oc3ccc(-c4nn(C[C@@H]5CCCN5)c5ncnc(N)c45)cc3)c2)s1. The van der Waals surface area contributed by atoms with Crippen LogP contribution in [-0.4, -0.2) is 139 Å². The van der Waals surface area contributed by atoms with Crippen LogP contribution in [0.1, 0.15) is 61.5 Å². The minimum absolute atomic E-state index is 0.313. The van der Waals surface area contributed by atoms with Crippen LogP contribution in [0.5, 0.6) is 51.7 Å². The maximum atomic E-state index is 14.3. The van der Waals surface area contributed by atoms with Crippen molar-refractivity contribution in [3.63, 3.8) is 0 Å². The summed E-state index contributed by atoms with van der Waals surface area (Å²) in [4.78, 5) is 40.6. The number of nitrogen functional groups attached to an aromatic ring is 3. The van der Waals surface area contributed by atoms with E-state index in [4.69, 9.17) is 65.7 Å². The van der Waals surface area contributed by atoms with E-state index in [2.05, 4.69) is 50.0 Å². The first kappa shape index (κ1) is 79.7. The van der Waals surface area contributed by atoms with Gasteiger partial charge in [0.2, 0.25) is 0 Å². The number of nitrogens with two attached hydrogens (primary N) is 3. The number of ether oxygens (including phenoxy) is 7. The molecule has 0 amide bonds. The fourth-order valence-electron chi connectivity index (χ4n) is 14.3. The lowest BCUT2D eigenvalue weighted by Crippen LogP contribution is -2.37. The molecule has 6 aromatic carbocycles. The molecule has 1 atom stereocenters. The molecule has 3 aliphatic heterocycles. The number of nitrogens with zero attached hydrogens (tertiary/aromatic N) is 15. The Labute approximate surface area is 690 Å². The molecule has 0 aliphatic carbocycles. The van der Waals surface area contributed by atoms with E-state index < -0.39 is 17.5 Å². The molecule has 0 unspecified atom stereocenters. The van der Waals surface area contributed by atoms with Crippen LogP contribution in [0.15, 0.2) is 177 Å². The van der Waals surface area contributed by atoms with Crippen LogP contribution >= 0.6 is 34.0 Å². The normalized spacial score (nSPS) is 14.3. The average Bonchev–Trinajstić information content (AvgIpc) is 1.63. The predicted molar refractivity (Wildman–Crippen MR) is 451 cm³/mol. The Kier molecular flexibility index (Phi) is 25.0. The average molecular weight is 1650 g/mol. The summed E-state index contributed by atoms with van der Waals surface area (Å²) < 4.78 is 89.3. The molecule has 18 rings (SSSR count). The second-order valence-electron chi connectivity index (χ2n) is 28.7. The first-order valence-corrected chi connectivity index (χ1v) is 41.3. The number of hydrogen-bond acceptors (Lipinski definition) is 26. The highest BCUT2D eigenvalue weighted by atomic mass is 32.1. The number of anilines is 3. The molecule has 118 heavy (non-hydrogen) atoms. The molecule has 0 saturated carbocycles. The van der Waals surface area contributed by atoms with E-state index in [9.17, 15) is 13.2 Å². The molecule has 0 bridgehead atoms. The quantitative estimate of drug-likeness (QED) is 0.0372. The number of hydrogen-bond donors (Lipinski definition) is 4. The maximum absolute atomic E-state index is 14.3. The summed E-state index contributed by atoms with van der Waals surface area (Å²) >= 11 is 4.85. The number of likely N-dealkylation sites (tertiary alicyclic amines) is 1. The number of aryl methyl sites for hydroxylation is 4. The molecular formula is C86H86F3N19O7S3. The summed E-state index contributed by atoms with van der Waals surface area (Å²) in [5.41, 5.74) is 25.6. The van der Waals surface area contributed by atoms with Crippen molar-refractivity contribution < 1.29 is 46.3 Å². The van der Waals surface area contributed by atoms with Crippen molar-refractivity contribution in [3.05, 3.63) is 224 Å². The van der Waals surface area contributed by atoms with Crippen LogP contribution in [0.3, 0.4) is 0 Å². The number of thiazole rings is 1. The highest BCUT2D eigenvalue weighted by Gasteiger charge is 2.25. The van der Waals surface area contributed by atoms with E-state index in [1.54, 1.807) is 58.4 Å². The number of fused-ring (bicyclic) bond motifs is 3. The van der Waals surface area contributed by atoms with Crippen molar-refractivity contribution in [3.8, 4) is 85.5 Å². The lowest BCUT2D eigenvalue weighted by Gasteiger charge is -2.26. The molecule has 0 spiro atoms. The third-order valence-electron chi connectivity index (χ3n) is 20.0. The second kappa shape index (κ2) is 37.0. The standard InChI is InChI=1S/C30H31FN6O3S.C29H29FN6O2S.C27H26FN7O2S/c1-20-3-8-26(41-20)18-39-24-15-22(31)16-25(17-24)40-23-6-4-21(5-7-23)28-27-29(32)33-19-34-30(27)37(35-28)10-2-9-36-11-13-38-14-12-36;1-19-4-9-25(39-19)17-37-23-14-21(30)15-24(16-23)38-22-7-5-20(6-8-22)27-26-28(31)32-18-33-29(26)36(34-27)13-12-35-10-2-3-11-35;1-16-31-12-23(38-16)14-36-21-9-18(28)10-22(11-21)37-20-6-4-17(5-7-20)25-24-26(29)32-15-33-27(24)35(34-25)13-19-3-2-8-30-19/h3-8,15-17,19H,2,9-14,18H2,1H3,(H2,32,33,34);4-9,14-16,18H,2-3,10-13,17H2,1H3,(H2,31,32,33);4-7,9-12,15,19,30H,2-3,8,13-14H2,1H3,(H2,29,32,33)/t;;19-/m..0/s1. The Hall–Kier alpha value is -12.2. The first-order chi connectivity index (χ1) is 57.5. The molecule has 15 aromatic rings. The summed E-state index contributed by atoms with van der Waals surface area (Å²) in [5, 5.41) is 21.2. The number of aromatic nitrogens is 13. The van der Waals surface area contributed by atoms with Gasteiger partial charge in [-0.3, -0.25) is 4.90 Å². The highest BCUT2D eigenvalue weighted by molar-refractivity contribution is 7.12. The Morgan fingerprint density at radius 3 is 1.25 bits per heavy atom. The van der Waals surface area contributed by atoms with E-state index in [-0.39, 0.29) is 0 Å². The molecular weight excluding hydrogens is 1560 g/mol. The minimum Gasteiger partial charge on any atom is -0.488 e. The van der Waals surface area contributed by atoms with Gasteiger partial charge in [0.1, 0.15) is 143 Å². The Bertz CT molecular complexity index is 5940. The summed E-state index contributed by atoms with van der Waals surface area (Å²) in [6, 6.07) is 43.8. The molecule has 606 valence electrons. The van der Waals surface area contributed by atoms with Gasteiger partial charge in [-0.1, -0.05) is 0 Å².